The molecule has 138 valence electrons. The lowest BCUT2D eigenvalue weighted by Gasteiger charge is -2.59. The summed E-state index contributed by atoms with van der Waals surface area (Å²) in [5, 5.41) is 19.3. The lowest BCUT2D eigenvalue weighted by atomic mass is 9.44. The number of aliphatic hydroxyl groups is 1. The molecule has 0 saturated heterocycles. The van der Waals surface area contributed by atoms with E-state index in [1.165, 1.54) is 0 Å². The molecule has 2 N–H and O–H groups in total. The minimum atomic E-state index is -0.792. The summed E-state index contributed by atoms with van der Waals surface area (Å²) >= 11 is 0. The molecule has 0 aliphatic heterocycles. The second-order valence-electron chi connectivity index (χ2n) is 9.55. The Bertz CT molecular complexity index is 638. The van der Waals surface area contributed by atoms with Gasteiger partial charge in [0.2, 0.25) is 0 Å². The highest BCUT2D eigenvalue weighted by atomic mass is 16.4. The summed E-state index contributed by atoms with van der Waals surface area (Å²) < 4.78 is 0. The average molecular weight is 346 g/mol. The number of fused-ring (bicyclic) bond motifs is 5. The summed E-state index contributed by atoms with van der Waals surface area (Å²) in [6, 6.07) is 0. The van der Waals surface area contributed by atoms with Crippen LogP contribution in [0.4, 0.5) is 0 Å². The van der Waals surface area contributed by atoms with Crippen molar-refractivity contribution in [1.82, 2.24) is 0 Å². The van der Waals surface area contributed by atoms with Gasteiger partial charge in [0.25, 0.3) is 0 Å². The Morgan fingerprint density at radius 3 is 2.76 bits per heavy atom. The number of aliphatic hydroxyl groups excluding tert-OH is 1. The zero-order chi connectivity index (χ0) is 18.0. The Balaban J connectivity index is 1.65. The van der Waals surface area contributed by atoms with Gasteiger partial charge in [0, 0.05) is 12.3 Å². The summed E-state index contributed by atoms with van der Waals surface area (Å²) in [4.78, 5) is 24.6. The largest absolute Gasteiger partial charge is 0.481 e. The van der Waals surface area contributed by atoms with Crippen molar-refractivity contribution in [2.45, 2.75) is 71.3 Å². The Morgan fingerprint density at radius 1 is 1.28 bits per heavy atom. The molecule has 4 aliphatic rings. The van der Waals surface area contributed by atoms with Crippen molar-refractivity contribution in [3.05, 3.63) is 11.6 Å². The van der Waals surface area contributed by atoms with Crippen molar-refractivity contribution in [1.29, 1.82) is 0 Å². The average Bonchev–Trinajstić information content (AvgIpc) is 2.83. The van der Waals surface area contributed by atoms with Gasteiger partial charge in [0.05, 0.1) is 12.5 Å². The van der Waals surface area contributed by atoms with Gasteiger partial charge in [-0.1, -0.05) is 25.5 Å². The summed E-state index contributed by atoms with van der Waals surface area (Å²) in [5.41, 5.74) is 0.743. The fraction of sp³-hybridized carbons (Fsp3) is 0.810. The molecule has 4 heteroatoms. The quantitative estimate of drug-likeness (QED) is 0.750. The molecule has 0 bridgehead atoms. The number of hydrogen-bond donors (Lipinski definition) is 2. The molecule has 0 aromatic heterocycles. The third kappa shape index (κ3) is 2.43. The van der Waals surface area contributed by atoms with Gasteiger partial charge >= 0.3 is 5.97 Å². The molecule has 3 saturated carbocycles. The third-order valence-corrected chi connectivity index (χ3v) is 8.41. The van der Waals surface area contributed by atoms with Crippen LogP contribution in [-0.2, 0) is 9.59 Å². The van der Waals surface area contributed by atoms with Crippen LogP contribution in [0.1, 0.15) is 65.2 Å². The Kier molecular flexibility index (Phi) is 3.91. The number of carbonyl (C=O) groups is 2. The molecule has 0 unspecified atom stereocenters. The Morgan fingerprint density at radius 2 is 2.04 bits per heavy atom. The van der Waals surface area contributed by atoms with Gasteiger partial charge in [0.1, 0.15) is 5.78 Å². The number of Topliss-reactive ketones (excluding diaryl/α,β-unsaturated/α-hetero) is 1. The van der Waals surface area contributed by atoms with Gasteiger partial charge in [-0.2, -0.15) is 0 Å². The first-order valence-electron chi connectivity index (χ1n) is 9.88. The van der Waals surface area contributed by atoms with E-state index in [1.54, 1.807) is 0 Å². The van der Waals surface area contributed by atoms with Crippen LogP contribution in [0.3, 0.4) is 0 Å². The second-order valence-corrected chi connectivity index (χ2v) is 9.55. The molecule has 4 aliphatic carbocycles. The van der Waals surface area contributed by atoms with Crippen molar-refractivity contribution in [2.24, 2.45) is 34.5 Å². The summed E-state index contributed by atoms with van der Waals surface area (Å²) in [5.74, 6) is 0.915. The number of rotatable bonds is 2. The number of ketones is 1. The molecule has 0 aromatic rings. The van der Waals surface area contributed by atoms with Crippen molar-refractivity contribution in [3.8, 4) is 0 Å². The molecular weight excluding hydrogens is 316 g/mol. The van der Waals surface area contributed by atoms with E-state index in [9.17, 15) is 19.8 Å². The molecule has 4 nitrogen and oxygen atoms in total. The van der Waals surface area contributed by atoms with Crippen LogP contribution in [0, 0.1) is 34.5 Å². The van der Waals surface area contributed by atoms with Crippen molar-refractivity contribution in [2.75, 3.05) is 0 Å². The van der Waals surface area contributed by atoms with E-state index in [-0.39, 0.29) is 29.3 Å². The third-order valence-electron chi connectivity index (χ3n) is 8.41. The standard InChI is InChI=1S/C21H30O4/c1-20-8-7-14(22)9-12(20)3-5-15-16-6-4-13(10-18(24)25)21(16,2)11-17(23)19(15)20/h4,12,14-16,19,22H,3,5-11H2,1-2H3,(H,24,25)/t12-,14+,15+,16+,19-,20+,21+/m0/s1. The molecule has 4 rings (SSSR count). The molecule has 0 spiro atoms. The Hall–Kier alpha value is -1.16. The van der Waals surface area contributed by atoms with Gasteiger partial charge in [-0.05, 0) is 67.1 Å². The van der Waals surface area contributed by atoms with Gasteiger partial charge in [-0.25, -0.2) is 0 Å². The predicted octanol–water partition coefficient (Wildman–Crippen LogP) is 3.58. The highest BCUT2D eigenvalue weighted by Gasteiger charge is 2.61. The first-order chi connectivity index (χ1) is 11.8. The maximum Gasteiger partial charge on any atom is 0.307 e. The van der Waals surface area contributed by atoms with Crippen LogP contribution >= 0.6 is 0 Å². The summed E-state index contributed by atoms with van der Waals surface area (Å²) in [6.07, 6.45) is 8.18. The Labute approximate surface area is 149 Å². The molecule has 0 aromatic carbocycles. The number of carboxylic acid groups (broad SMARTS) is 1. The summed E-state index contributed by atoms with van der Waals surface area (Å²) in [6.45, 7) is 4.42. The smallest absolute Gasteiger partial charge is 0.307 e. The van der Waals surface area contributed by atoms with Crippen LogP contribution in [0.5, 0.6) is 0 Å². The van der Waals surface area contributed by atoms with Crippen LogP contribution in [0.25, 0.3) is 0 Å². The van der Waals surface area contributed by atoms with E-state index in [0.717, 1.165) is 44.1 Å². The maximum atomic E-state index is 13.3. The normalized spacial score (nSPS) is 49.0. The lowest BCUT2D eigenvalue weighted by molar-refractivity contribution is -0.158. The predicted molar refractivity (Wildman–Crippen MR) is 93.8 cm³/mol. The fourth-order valence-electron chi connectivity index (χ4n) is 7.15. The first kappa shape index (κ1) is 17.3. The number of hydrogen-bond acceptors (Lipinski definition) is 3. The zero-order valence-electron chi connectivity index (χ0n) is 15.3. The number of allylic oxidation sites excluding steroid dienone is 1. The summed E-state index contributed by atoms with van der Waals surface area (Å²) in [7, 11) is 0. The first-order valence-corrected chi connectivity index (χ1v) is 9.88. The second kappa shape index (κ2) is 5.67. The minimum Gasteiger partial charge on any atom is -0.481 e. The van der Waals surface area contributed by atoms with Crippen molar-refractivity contribution in [3.63, 3.8) is 0 Å². The van der Waals surface area contributed by atoms with E-state index in [2.05, 4.69) is 19.9 Å². The van der Waals surface area contributed by atoms with Gasteiger partial charge < -0.3 is 10.2 Å². The zero-order valence-corrected chi connectivity index (χ0v) is 15.3. The van der Waals surface area contributed by atoms with E-state index in [1.807, 2.05) is 0 Å². The van der Waals surface area contributed by atoms with E-state index >= 15 is 0 Å². The highest BCUT2D eigenvalue weighted by Crippen LogP contribution is 2.65. The maximum absolute atomic E-state index is 13.3. The van der Waals surface area contributed by atoms with Gasteiger partial charge in [-0.15, -0.1) is 0 Å². The topological polar surface area (TPSA) is 74.6 Å². The van der Waals surface area contributed by atoms with Crippen molar-refractivity contribution >= 4 is 11.8 Å². The van der Waals surface area contributed by atoms with Gasteiger partial charge in [0.15, 0.2) is 0 Å². The van der Waals surface area contributed by atoms with Crippen LogP contribution < -0.4 is 0 Å². The minimum absolute atomic E-state index is 0.0239. The van der Waals surface area contributed by atoms with Crippen LogP contribution in [0.15, 0.2) is 11.6 Å². The molecular formula is C21H30O4. The number of carboxylic acids is 1. The molecule has 0 heterocycles. The SMILES string of the molecule is C[C@@]12CC[C@@H](O)C[C@@H]1CC[C@H]1[C@H]2C(=O)C[C@]2(C)C(CC(=O)O)=CC[C@H]12. The number of aliphatic carboxylic acids is 1. The molecule has 3 fully saturated rings. The highest BCUT2D eigenvalue weighted by molar-refractivity contribution is 5.85. The monoisotopic (exact) mass is 346 g/mol. The van der Waals surface area contributed by atoms with Crippen LogP contribution in [-0.4, -0.2) is 28.1 Å². The van der Waals surface area contributed by atoms with E-state index < -0.39 is 5.97 Å². The van der Waals surface area contributed by atoms with Gasteiger partial charge in [-0.3, -0.25) is 9.59 Å². The molecule has 0 radical (unpaired) electrons. The van der Waals surface area contributed by atoms with E-state index in [4.69, 9.17) is 0 Å². The lowest BCUT2D eigenvalue weighted by Crippen LogP contribution is -2.57. The fourth-order valence-corrected chi connectivity index (χ4v) is 7.15. The van der Waals surface area contributed by atoms with E-state index in [0.29, 0.717) is 30.0 Å². The molecule has 25 heavy (non-hydrogen) atoms. The molecule has 0 amide bonds. The number of carbonyl (C=O) groups excluding carboxylic acids is 1. The molecule has 7 atom stereocenters. The van der Waals surface area contributed by atoms with Crippen LogP contribution in [0.2, 0.25) is 0 Å². The van der Waals surface area contributed by atoms with Crippen molar-refractivity contribution < 1.29 is 19.8 Å².